The molecule has 8 nitrogen and oxygen atoms in total. The number of aromatic nitrogens is 2. The number of piperidine rings is 1. The molecule has 1 saturated carbocycles. The first-order valence-corrected chi connectivity index (χ1v) is 11.8. The molecule has 2 aromatic rings. The zero-order chi connectivity index (χ0) is 23.0. The van der Waals surface area contributed by atoms with Crippen molar-refractivity contribution in [1.29, 1.82) is 0 Å². The fourth-order valence-electron chi connectivity index (χ4n) is 4.81. The number of rotatable bonds is 7. The Balaban J connectivity index is 1.29. The molecule has 0 bridgehead atoms. The van der Waals surface area contributed by atoms with Crippen LogP contribution in [0, 0.1) is 25.2 Å². The van der Waals surface area contributed by atoms with Crippen molar-refractivity contribution < 1.29 is 14.3 Å². The Morgan fingerprint density at radius 3 is 2.55 bits per heavy atom. The number of amides is 2. The molecule has 1 spiro atoms. The van der Waals surface area contributed by atoms with E-state index < -0.39 is 0 Å². The average Bonchev–Trinajstić information content (AvgIpc) is 3.65. The van der Waals surface area contributed by atoms with Crippen LogP contribution in [0.3, 0.4) is 0 Å². The molecule has 1 aliphatic carbocycles. The van der Waals surface area contributed by atoms with E-state index in [2.05, 4.69) is 25.5 Å². The molecule has 1 aromatic heterocycles. The smallest absolute Gasteiger partial charge is 0.228 e. The van der Waals surface area contributed by atoms with Gasteiger partial charge in [0.25, 0.3) is 0 Å². The highest BCUT2D eigenvalue weighted by atomic mass is 16.5. The summed E-state index contributed by atoms with van der Waals surface area (Å²) in [5.41, 5.74) is 4.22. The van der Waals surface area contributed by atoms with Crippen LogP contribution in [-0.2, 0) is 9.59 Å². The van der Waals surface area contributed by atoms with Gasteiger partial charge in [0.05, 0.1) is 5.41 Å². The van der Waals surface area contributed by atoms with Gasteiger partial charge in [0.2, 0.25) is 11.8 Å². The van der Waals surface area contributed by atoms with Crippen LogP contribution in [0.5, 0.6) is 5.75 Å². The van der Waals surface area contributed by atoms with Gasteiger partial charge in [0.1, 0.15) is 18.7 Å². The van der Waals surface area contributed by atoms with Crippen LogP contribution in [0.15, 0.2) is 24.5 Å². The van der Waals surface area contributed by atoms with Crippen LogP contribution in [-0.4, -0.2) is 59.5 Å². The van der Waals surface area contributed by atoms with Gasteiger partial charge < -0.3 is 15.4 Å². The minimum Gasteiger partial charge on any atom is -0.492 e. The highest BCUT2D eigenvalue weighted by Gasteiger charge is 2.47. The number of likely N-dealkylation sites (tertiary alicyclic amines) is 1. The average molecular weight is 450 g/mol. The predicted octanol–water partition coefficient (Wildman–Crippen LogP) is 2.70. The van der Waals surface area contributed by atoms with E-state index in [1.165, 1.54) is 0 Å². The van der Waals surface area contributed by atoms with E-state index in [0.29, 0.717) is 6.61 Å². The Morgan fingerprint density at radius 1 is 1.21 bits per heavy atom. The van der Waals surface area contributed by atoms with Crippen molar-refractivity contribution in [3.63, 3.8) is 0 Å². The number of ether oxygens (including phenoxy) is 1. The first-order valence-electron chi connectivity index (χ1n) is 11.8. The molecule has 2 N–H and O–H groups in total. The summed E-state index contributed by atoms with van der Waals surface area (Å²) in [7, 11) is 0. The molecule has 1 aromatic carbocycles. The van der Waals surface area contributed by atoms with Gasteiger partial charge in [-0.3, -0.25) is 14.5 Å². The second-order valence-corrected chi connectivity index (χ2v) is 9.55. The largest absolute Gasteiger partial charge is 0.492 e. The number of anilines is 1. The first-order chi connectivity index (χ1) is 15.9. The van der Waals surface area contributed by atoms with Crippen LogP contribution in [0.1, 0.15) is 37.1 Å². The zero-order valence-corrected chi connectivity index (χ0v) is 19.3. The Bertz CT molecular complexity index is 1050. The van der Waals surface area contributed by atoms with Gasteiger partial charge >= 0.3 is 0 Å². The number of β-lactam (4-membered cyclic amide) rings is 1. The van der Waals surface area contributed by atoms with Gasteiger partial charge in [-0.1, -0.05) is 0 Å². The number of nitrogens with zero attached hydrogens (tertiary/aromatic N) is 3. The highest BCUT2D eigenvalue weighted by Crippen LogP contribution is 2.38. The van der Waals surface area contributed by atoms with E-state index in [0.717, 1.165) is 85.8 Å². The van der Waals surface area contributed by atoms with Crippen molar-refractivity contribution in [2.75, 3.05) is 38.1 Å². The Labute approximate surface area is 194 Å². The molecule has 5 rings (SSSR count). The third kappa shape index (κ3) is 4.44. The summed E-state index contributed by atoms with van der Waals surface area (Å²) in [6, 6.07) is 5.79. The van der Waals surface area contributed by atoms with Crippen molar-refractivity contribution in [3.8, 4) is 16.9 Å². The summed E-state index contributed by atoms with van der Waals surface area (Å²) in [4.78, 5) is 35.3. The fraction of sp³-hybridized carbons (Fsp3) is 0.520. The fourth-order valence-corrected chi connectivity index (χ4v) is 4.81. The molecule has 0 unspecified atom stereocenters. The van der Waals surface area contributed by atoms with E-state index in [-0.39, 0.29) is 23.1 Å². The second kappa shape index (κ2) is 8.74. The van der Waals surface area contributed by atoms with Crippen LogP contribution in [0.4, 0.5) is 5.69 Å². The number of benzene rings is 1. The van der Waals surface area contributed by atoms with Gasteiger partial charge in [-0.2, -0.15) is 0 Å². The first kappa shape index (κ1) is 21.8. The summed E-state index contributed by atoms with van der Waals surface area (Å²) >= 11 is 0. The van der Waals surface area contributed by atoms with E-state index in [9.17, 15) is 9.59 Å². The van der Waals surface area contributed by atoms with Crippen molar-refractivity contribution in [2.45, 2.75) is 39.5 Å². The maximum Gasteiger partial charge on any atom is 0.228 e. The summed E-state index contributed by atoms with van der Waals surface area (Å²) in [6.45, 7) is 7.93. The molecule has 8 heteroatoms. The summed E-state index contributed by atoms with van der Waals surface area (Å²) in [5.74, 6) is 1.19. The topological polar surface area (TPSA) is 96.4 Å². The van der Waals surface area contributed by atoms with Gasteiger partial charge in [0, 0.05) is 47.2 Å². The number of hydrogen-bond donors (Lipinski definition) is 2. The van der Waals surface area contributed by atoms with E-state index in [1.807, 2.05) is 32.0 Å². The molecular weight excluding hydrogens is 418 g/mol. The van der Waals surface area contributed by atoms with Crippen LogP contribution < -0.4 is 15.4 Å². The normalized spacial score (nSPS) is 19.6. The lowest BCUT2D eigenvalue weighted by Gasteiger charge is -2.46. The maximum atomic E-state index is 12.3. The molecule has 33 heavy (non-hydrogen) atoms. The van der Waals surface area contributed by atoms with E-state index in [1.54, 1.807) is 6.33 Å². The third-order valence-electron chi connectivity index (χ3n) is 7.24. The number of carbonyl (C=O) groups is 2. The molecule has 3 fully saturated rings. The molecule has 2 amide bonds. The van der Waals surface area contributed by atoms with Crippen molar-refractivity contribution in [3.05, 3.63) is 35.9 Å². The second-order valence-electron chi connectivity index (χ2n) is 9.55. The standard InChI is InChI=1S/C25H31N5O3/c1-16-22(17(2)28-15-27-16)20-13-19(29-23(31)18-3-4-18)5-6-21(20)33-12-11-30-9-7-25(8-10-30)14-26-24(25)32/h5-6,13,15,18H,3-4,7-12,14H2,1-2H3,(H,26,32)(H,29,31). The van der Waals surface area contributed by atoms with Crippen LogP contribution in [0.2, 0.25) is 0 Å². The molecule has 3 aliphatic rings. The van der Waals surface area contributed by atoms with Crippen molar-refractivity contribution >= 4 is 17.5 Å². The lowest BCUT2D eigenvalue weighted by molar-refractivity contribution is -0.143. The number of hydrogen-bond acceptors (Lipinski definition) is 6. The van der Waals surface area contributed by atoms with Gasteiger partial charge in [-0.15, -0.1) is 0 Å². The predicted molar refractivity (Wildman–Crippen MR) is 125 cm³/mol. The monoisotopic (exact) mass is 449 g/mol. The van der Waals surface area contributed by atoms with Crippen molar-refractivity contribution in [2.24, 2.45) is 11.3 Å². The molecule has 2 saturated heterocycles. The highest BCUT2D eigenvalue weighted by molar-refractivity contribution is 5.95. The summed E-state index contributed by atoms with van der Waals surface area (Å²) < 4.78 is 6.25. The minimum absolute atomic E-state index is 0.0791. The Hall–Kier alpha value is -3.00. The van der Waals surface area contributed by atoms with Gasteiger partial charge in [0.15, 0.2) is 0 Å². The van der Waals surface area contributed by atoms with E-state index in [4.69, 9.17) is 4.74 Å². The summed E-state index contributed by atoms with van der Waals surface area (Å²) in [6.07, 6.45) is 5.33. The zero-order valence-electron chi connectivity index (χ0n) is 19.3. The number of nitrogens with one attached hydrogen (secondary N) is 2. The molecule has 3 heterocycles. The number of aryl methyl sites for hydroxylation is 2. The SMILES string of the molecule is Cc1ncnc(C)c1-c1cc(NC(=O)C2CC2)ccc1OCCN1CCC2(CC1)CNC2=O. The lowest BCUT2D eigenvalue weighted by Crippen LogP contribution is -2.62. The molecule has 174 valence electrons. The van der Waals surface area contributed by atoms with Crippen LogP contribution >= 0.6 is 0 Å². The Kier molecular flexibility index (Phi) is 5.78. The third-order valence-corrected chi connectivity index (χ3v) is 7.24. The Morgan fingerprint density at radius 2 is 1.94 bits per heavy atom. The lowest BCUT2D eigenvalue weighted by atomic mass is 9.72. The molecule has 0 radical (unpaired) electrons. The van der Waals surface area contributed by atoms with E-state index >= 15 is 0 Å². The molecule has 0 atom stereocenters. The van der Waals surface area contributed by atoms with Crippen molar-refractivity contribution in [1.82, 2.24) is 20.2 Å². The molecule has 2 aliphatic heterocycles. The quantitative estimate of drug-likeness (QED) is 0.631. The number of carbonyl (C=O) groups excluding carboxylic acids is 2. The van der Waals surface area contributed by atoms with Gasteiger partial charge in [-0.05, 0) is 70.8 Å². The van der Waals surface area contributed by atoms with Crippen LogP contribution in [0.25, 0.3) is 11.1 Å². The summed E-state index contributed by atoms with van der Waals surface area (Å²) in [5, 5.41) is 5.92. The molecular formula is C25H31N5O3. The van der Waals surface area contributed by atoms with Gasteiger partial charge in [-0.25, -0.2) is 9.97 Å². The maximum absolute atomic E-state index is 12.3. The minimum atomic E-state index is -0.117.